The summed E-state index contributed by atoms with van der Waals surface area (Å²) in [6.45, 7) is 4.86. The SMILES string of the molecule is Cc1noc(C)c1CCC(=O)N1CC(Oc2ccc(C#N)cn2)C1. The molecular weight excluding hydrogens is 308 g/mol. The minimum absolute atomic E-state index is 0.0477. The number of rotatable bonds is 5. The van der Waals surface area contributed by atoms with Gasteiger partial charge in [0.2, 0.25) is 11.8 Å². The summed E-state index contributed by atoms with van der Waals surface area (Å²) in [5.74, 6) is 1.35. The van der Waals surface area contributed by atoms with Gasteiger partial charge in [0.05, 0.1) is 24.3 Å². The summed E-state index contributed by atoms with van der Waals surface area (Å²) in [4.78, 5) is 18.0. The smallest absolute Gasteiger partial charge is 0.223 e. The van der Waals surface area contributed by atoms with Crippen LogP contribution in [-0.2, 0) is 11.2 Å². The molecule has 0 aliphatic carbocycles. The number of nitrogens with zero attached hydrogens (tertiary/aromatic N) is 4. The molecule has 3 heterocycles. The molecule has 1 saturated heterocycles. The lowest BCUT2D eigenvalue weighted by molar-refractivity contribution is -0.140. The fraction of sp³-hybridized carbons (Fsp3) is 0.412. The highest BCUT2D eigenvalue weighted by molar-refractivity contribution is 5.77. The van der Waals surface area contributed by atoms with Gasteiger partial charge >= 0.3 is 0 Å². The Morgan fingerprint density at radius 3 is 2.83 bits per heavy atom. The van der Waals surface area contributed by atoms with Gasteiger partial charge in [0.15, 0.2) is 0 Å². The van der Waals surface area contributed by atoms with Gasteiger partial charge in [-0.25, -0.2) is 4.98 Å². The molecule has 0 spiro atoms. The molecule has 0 N–H and O–H groups in total. The van der Waals surface area contributed by atoms with E-state index in [4.69, 9.17) is 14.5 Å². The Labute approximate surface area is 139 Å². The molecule has 0 aromatic carbocycles. The number of nitriles is 1. The normalized spacial score (nSPS) is 14.1. The maximum absolute atomic E-state index is 12.2. The first-order chi connectivity index (χ1) is 11.6. The van der Waals surface area contributed by atoms with E-state index in [1.807, 2.05) is 19.9 Å². The van der Waals surface area contributed by atoms with Crippen LogP contribution in [0.5, 0.6) is 5.88 Å². The number of ether oxygens (including phenoxy) is 1. The first kappa shape index (κ1) is 16.0. The summed E-state index contributed by atoms with van der Waals surface area (Å²) in [6.07, 6.45) is 2.50. The number of likely N-dealkylation sites (tertiary alicyclic amines) is 1. The second kappa shape index (κ2) is 6.71. The number of amides is 1. The molecule has 0 unspecified atom stereocenters. The summed E-state index contributed by atoms with van der Waals surface area (Å²) in [5.41, 5.74) is 2.35. The molecule has 3 rings (SSSR count). The molecule has 2 aromatic heterocycles. The van der Waals surface area contributed by atoms with Crippen LogP contribution < -0.4 is 4.74 Å². The van der Waals surface area contributed by atoms with E-state index in [-0.39, 0.29) is 12.0 Å². The molecule has 124 valence electrons. The van der Waals surface area contributed by atoms with Gasteiger partial charge in [-0.3, -0.25) is 4.79 Å². The number of carbonyl (C=O) groups excluding carboxylic acids is 1. The zero-order chi connectivity index (χ0) is 17.1. The Bertz CT molecular complexity index is 751. The second-order valence-electron chi connectivity index (χ2n) is 5.84. The molecule has 0 radical (unpaired) electrons. The van der Waals surface area contributed by atoms with Crippen LogP contribution in [0.2, 0.25) is 0 Å². The lowest BCUT2D eigenvalue weighted by Gasteiger charge is -2.38. The maximum atomic E-state index is 12.2. The van der Waals surface area contributed by atoms with Crippen molar-refractivity contribution in [1.29, 1.82) is 5.26 Å². The molecule has 24 heavy (non-hydrogen) atoms. The maximum Gasteiger partial charge on any atom is 0.223 e. The number of hydrogen-bond acceptors (Lipinski definition) is 6. The highest BCUT2D eigenvalue weighted by Gasteiger charge is 2.32. The van der Waals surface area contributed by atoms with Crippen LogP contribution in [0.1, 0.15) is 29.0 Å². The van der Waals surface area contributed by atoms with Crippen LogP contribution in [0.4, 0.5) is 0 Å². The van der Waals surface area contributed by atoms with Crippen LogP contribution >= 0.6 is 0 Å². The van der Waals surface area contributed by atoms with E-state index in [9.17, 15) is 4.79 Å². The van der Waals surface area contributed by atoms with E-state index in [1.54, 1.807) is 17.0 Å². The molecule has 7 nitrogen and oxygen atoms in total. The number of pyridine rings is 1. The number of hydrogen-bond donors (Lipinski definition) is 0. The zero-order valence-corrected chi connectivity index (χ0v) is 13.7. The third-order valence-corrected chi connectivity index (χ3v) is 4.12. The fourth-order valence-corrected chi connectivity index (χ4v) is 2.65. The molecule has 0 saturated carbocycles. The van der Waals surface area contributed by atoms with Crippen molar-refractivity contribution in [2.75, 3.05) is 13.1 Å². The summed E-state index contributed by atoms with van der Waals surface area (Å²) < 4.78 is 10.8. The third kappa shape index (κ3) is 3.38. The van der Waals surface area contributed by atoms with Gasteiger partial charge in [-0.2, -0.15) is 5.26 Å². The molecule has 0 bridgehead atoms. The van der Waals surface area contributed by atoms with Crippen molar-refractivity contribution in [2.24, 2.45) is 0 Å². The largest absolute Gasteiger partial charge is 0.471 e. The third-order valence-electron chi connectivity index (χ3n) is 4.12. The Balaban J connectivity index is 1.44. The quantitative estimate of drug-likeness (QED) is 0.831. The van der Waals surface area contributed by atoms with Crippen molar-refractivity contribution in [3.8, 4) is 11.9 Å². The van der Waals surface area contributed by atoms with Gasteiger partial charge in [-0.1, -0.05) is 5.16 Å². The van der Waals surface area contributed by atoms with Crippen LogP contribution in [0.3, 0.4) is 0 Å². The molecule has 1 aliphatic rings. The van der Waals surface area contributed by atoms with Crippen molar-refractivity contribution in [2.45, 2.75) is 32.8 Å². The van der Waals surface area contributed by atoms with Crippen molar-refractivity contribution < 1.29 is 14.1 Å². The van der Waals surface area contributed by atoms with Crippen molar-refractivity contribution in [3.63, 3.8) is 0 Å². The first-order valence-electron chi connectivity index (χ1n) is 7.79. The monoisotopic (exact) mass is 326 g/mol. The topological polar surface area (TPSA) is 92.3 Å². The van der Waals surface area contributed by atoms with E-state index in [1.165, 1.54) is 6.20 Å². The molecule has 1 amide bonds. The van der Waals surface area contributed by atoms with Crippen molar-refractivity contribution in [1.82, 2.24) is 15.0 Å². The summed E-state index contributed by atoms with van der Waals surface area (Å²) >= 11 is 0. The zero-order valence-electron chi connectivity index (χ0n) is 13.7. The Kier molecular flexibility index (Phi) is 4.47. The molecular formula is C17H18N4O3. The minimum Gasteiger partial charge on any atom is -0.471 e. The van der Waals surface area contributed by atoms with Gasteiger partial charge < -0.3 is 14.2 Å². The van der Waals surface area contributed by atoms with Crippen LogP contribution in [0.15, 0.2) is 22.9 Å². The van der Waals surface area contributed by atoms with Crippen LogP contribution in [-0.4, -0.2) is 40.1 Å². The fourth-order valence-electron chi connectivity index (χ4n) is 2.65. The van der Waals surface area contributed by atoms with Gasteiger partial charge in [0.25, 0.3) is 0 Å². The molecule has 1 fully saturated rings. The van der Waals surface area contributed by atoms with Crippen LogP contribution in [0.25, 0.3) is 0 Å². The second-order valence-corrected chi connectivity index (χ2v) is 5.84. The van der Waals surface area contributed by atoms with E-state index < -0.39 is 0 Å². The highest BCUT2D eigenvalue weighted by Crippen LogP contribution is 2.19. The van der Waals surface area contributed by atoms with E-state index in [0.29, 0.717) is 37.4 Å². The average Bonchev–Trinajstić information content (AvgIpc) is 2.87. The first-order valence-corrected chi connectivity index (χ1v) is 7.79. The Morgan fingerprint density at radius 1 is 1.46 bits per heavy atom. The molecule has 2 aromatic rings. The van der Waals surface area contributed by atoms with Gasteiger partial charge in [-0.05, 0) is 26.3 Å². The molecule has 7 heteroatoms. The summed E-state index contributed by atoms with van der Waals surface area (Å²) in [5, 5.41) is 12.6. The van der Waals surface area contributed by atoms with E-state index in [2.05, 4.69) is 10.1 Å². The standard InChI is InChI=1S/C17H18N4O3/c1-11-15(12(2)24-20-11)4-6-17(22)21-9-14(10-21)23-16-5-3-13(7-18)8-19-16/h3,5,8,14H,4,6,9-10H2,1-2H3. The molecule has 1 aliphatic heterocycles. The predicted octanol–water partition coefficient (Wildman–Crippen LogP) is 1.78. The summed E-state index contributed by atoms with van der Waals surface area (Å²) in [6, 6.07) is 5.34. The van der Waals surface area contributed by atoms with Crippen molar-refractivity contribution >= 4 is 5.91 Å². The minimum atomic E-state index is -0.0477. The lowest BCUT2D eigenvalue weighted by Crippen LogP contribution is -2.56. The van der Waals surface area contributed by atoms with Gasteiger partial charge in [-0.15, -0.1) is 0 Å². The summed E-state index contributed by atoms with van der Waals surface area (Å²) in [7, 11) is 0. The highest BCUT2D eigenvalue weighted by atomic mass is 16.5. The van der Waals surface area contributed by atoms with E-state index in [0.717, 1.165) is 17.0 Å². The van der Waals surface area contributed by atoms with Crippen LogP contribution in [0, 0.1) is 25.2 Å². The lowest BCUT2D eigenvalue weighted by atomic mass is 10.1. The van der Waals surface area contributed by atoms with Gasteiger partial charge in [0.1, 0.15) is 17.9 Å². The predicted molar refractivity (Wildman–Crippen MR) is 84.2 cm³/mol. The van der Waals surface area contributed by atoms with E-state index >= 15 is 0 Å². The molecule has 0 atom stereocenters. The number of aromatic nitrogens is 2. The Hall–Kier alpha value is -2.88. The average molecular weight is 326 g/mol. The Morgan fingerprint density at radius 2 is 2.25 bits per heavy atom. The number of aryl methyl sites for hydroxylation is 2. The number of carbonyl (C=O) groups is 1. The van der Waals surface area contributed by atoms with Crippen molar-refractivity contribution in [3.05, 3.63) is 40.9 Å². The van der Waals surface area contributed by atoms with Gasteiger partial charge in [0, 0.05) is 24.2 Å².